The standard InChI is InChI=1S/C17H7ClN4O2S/c18-16-21-15-11(7-20)10(4-5-13(15)23-16)8-25-17-22-14-9(6-19)2-1-3-12(14)24-17/h1-5H,8H2. The number of halogens is 1. The van der Waals surface area contributed by atoms with Crippen molar-refractivity contribution in [3.05, 3.63) is 52.4 Å². The zero-order valence-corrected chi connectivity index (χ0v) is 14.1. The number of oxazole rings is 2. The second kappa shape index (κ2) is 6.14. The number of thioether (sulfide) groups is 1. The molecule has 0 amide bonds. The first-order valence-corrected chi connectivity index (χ1v) is 8.46. The number of para-hydroxylation sites is 1. The summed E-state index contributed by atoms with van der Waals surface area (Å²) >= 11 is 7.10. The molecule has 0 saturated carbocycles. The molecule has 0 aliphatic carbocycles. The van der Waals surface area contributed by atoms with Crippen molar-refractivity contribution in [1.82, 2.24) is 9.97 Å². The Bertz CT molecular complexity index is 1200. The van der Waals surface area contributed by atoms with Crippen molar-refractivity contribution in [3.8, 4) is 12.1 Å². The molecule has 2 aromatic heterocycles. The number of nitriles is 2. The van der Waals surface area contributed by atoms with Gasteiger partial charge in [0.1, 0.15) is 23.2 Å². The van der Waals surface area contributed by atoms with Crippen molar-refractivity contribution in [2.45, 2.75) is 11.0 Å². The molecule has 4 rings (SSSR count). The Balaban J connectivity index is 1.67. The van der Waals surface area contributed by atoms with Crippen LogP contribution in [0.15, 0.2) is 44.4 Å². The number of benzene rings is 2. The maximum atomic E-state index is 9.45. The highest BCUT2D eigenvalue weighted by molar-refractivity contribution is 7.98. The molecule has 0 aliphatic heterocycles. The molecule has 25 heavy (non-hydrogen) atoms. The van der Waals surface area contributed by atoms with E-state index in [0.717, 1.165) is 5.56 Å². The van der Waals surface area contributed by atoms with Crippen LogP contribution >= 0.6 is 23.4 Å². The summed E-state index contributed by atoms with van der Waals surface area (Å²) in [6.07, 6.45) is 0. The van der Waals surface area contributed by atoms with E-state index in [2.05, 4.69) is 22.1 Å². The monoisotopic (exact) mass is 366 g/mol. The Morgan fingerprint density at radius 3 is 2.64 bits per heavy atom. The van der Waals surface area contributed by atoms with Crippen molar-refractivity contribution in [3.63, 3.8) is 0 Å². The van der Waals surface area contributed by atoms with Crippen LogP contribution in [0.25, 0.3) is 22.2 Å². The summed E-state index contributed by atoms with van der Waals surface area (Å²) in [5.41, 5.74) is 3.64. The van der Waals surface area contributed by atoms with Crippen molar-refractivity contribution in [1.29, 1.82) is 10.5 Å². The summed E-state index contributed by atoms with van der Waals surface area (Å²) in [6.45, 7) is 0. The Morgan fingerprint density at radius 2 is 1.84 bits per heavy atom. The van der Waals surface area contributed by atoms with Crippen molar-refractivity contribution in [2.75, 3.05) is 0 Å². The van der Waals surface area contributed by atoms with Gasteiger partial charge in [-0.15, -0.1) is 0 Å². The van der Waals surface area contributed by atoms with E-state index in [1.54, 1.807) is 30.3 Å². The topological polar surface area (TPSA) is 99.6 Å². The van der Waals surface area contributed by atoms with Gasteiger partial charge in [0.2, 0.25) is 0 Å². The minimum absolute atomic E-state index is 0.000660. The van der Waals surface area contributed by atoms with Crippen LogP contribution in [0.2, 0.25) is 5.35 Å². The molecule has 2 heterocycles. The number of rotatable bonds is 3. The minimum Gasteiger partial charge on any atom is -0.431 e. The predicted octanol–water partition coefficient (Wildman–Crippen LogP) is 4.66. The largest absolute Gasteiger partial charge is 0.431 e. The van der Waals surface area contributed by atoms with E-state index in [4.69, 9.17) is 25.7 Å². The summed E-state index contributed by atoms with van der Waals surface area (Å²) in [5.74, 6) is 0.456. The molecule has 0 bridgehead atoms. The number of nitrogens with zero attached hydrogens (tertiary/aromatic N) is 4. The van der Waals surface area contributed by atoms with Gasteiger partial charge < -0.3 is 8.83 Å². The van der Waals surface area contributed by atoms with E-state index in [1.165, 1.54) is 11.8 Å². The second-order valence-corrected chi connectivity index (χ2v) is 6.31. The first kappa shape index (κ1) is 15.5. The highest BCUT2D eigenvalue weighted by Crippen LogP contribution is 2.31. The number of fused-ring (bicyclic) bond motifs is 2. The van der Waals surface area contributed by atoms with Crippen LogP contribution in [-0.4, -0.2) is 9.97 Å². The maximum absolute atomic E-state index is 9.45. The van der Waals surface area contributed by atoms with Crippen LogP contribution < -0.4 is 0 Å². The summed E-state index contributed by atoms with van der Waals surface area (Å²) in [4.78, 5) is 8.41. The molecule has 0 aliphatic rings. The van der Waals surface area contributed by atoms with Gasteiger partial charge in [0, 0.05) is 5.75 Å². The van der Waals surface area contributed by atoms with Crippen LogP contribution in [0.4, 0.5) is 0 Å². The number of hydrogen-bond acceptors (Lipinski definition) is 7. The Hall–Kier alpha value is -3.00. The first-order chi connectivity index (χ1) is 12.2. The van der Waals surface area contributed by atoms with E-state index in [9.17, 15) is 5.26 Å². The van der Waals surface area contributed by atoms with Gasteiger partial charge in [-0.25, -0.2) is 4.98 Å². The van der Waals surface area contributed by atoms with E-state index in [0.29, 0.717) is 44.3 Å². The third kappa shape index (κ3) is 2.70. The van der Waals surface area contributed by atoms with Crippen molar-refractivity contribution >= 4 is 45.6 Å². The average Bonchev–Trinajstić information content (AvgIpc) is 3.20. The van der Waals surface area contributed by atoms with Gasteiger partial charge in [0.05, 0.1) is 11.1 Å². The van der Waals surface area contributed by atoms with Crippen LogP contribution in [0.5, 0.6) is 0 Å². The fourth-order valence-electron chi connectivity index (χ4n) is 2.47. The lowest BCUT2D eigenvalue weighted by molar-refractivity contribution is 0.489. The van der Waals surface area contributed by atoms with E-state index in [1.807, 2.05) is 0 Å². The molecule has 0 radical (unpaired) electrons. The smallest absolute Gasteiger partial charge is 0.293 e. The molecule has 6 nitrogen and oxygen atoms in total. The van der Waals surface area contributed by atoms with Gasteiger partial charge in [-0.2, -0.15) is 15.5 Å². The number of aromatic nitrogens is 2. The fraction of sp³-hybridized carbons (Fsp3) is 0.0588. The average molecular weight is 367 g/mol. The zero-order valence-electron chi connectivity index (χ0n) is 12.5. The van der Waals surface area contributed by atoms with E-state index in [-0.39, 0.29) is 5.35 Å². The van der Waals surface area contributed by atoms with Crippen LogP contribution in [0.1, 0.15) is 16.7 Å². The van der Waals surface area contributed by atoms with E-state index < -0.39 is 0 Å². The molecular weight excluding hydrogens is 360 g/mol. The first-order valence-electron chi connectivity index (χ1n) is 7.10. The molecular formula is C17H7ClN4O2S. The summed E-state index contributed by atoms with van der Waals surface area (Å²) in [5, 5.41) is 19.0. The van der Waals surface area contributed by atoms with Gasteiger partial charge in [0.15, 0.2) is 11.2 Å². The molecule has 0 fully saturated rings. The molecule has 0 spiro atoms. The molecule has 0 unspecified atom stereocenters. The highest BCUT2D eigenvalue weighted by Gasteiger charge is 2.15. The van der Waals surface area contributed by atoms with Crippen molar-refractivity contribution < 1.29 is 8.83 Å². The molecule has 2 aromatic carbocycles. The zero-order chi connectivity index (χ0) is 17.4. The maximum Gasteiger partial charge on any atom is 0.293 e. The van der Waals surface area contributed by atoms with Gasteiger partial charge in [-0.3, -0.25) is 0 Å². The molecule has 0 N–H and O–H groups in total. The second-order valence-electron chi connectivity index (χ2n) is 5.06. The summed E-state index contributed by atoms with van der Waals surface area (Å²) < 4.78 is 10.9. The Kier molecular flexibility index (Phi) is 3.81. The minimum atomic E-state index is -0.000660. The predicted molar refractivity (Wildman–Crippen MR) is 92.0 cm³/mol. The quantitative estimate of drug-likeness (QED) is 0.486. The summed E-state index contributed by atoms with van der Waals surface area (Å²) in [7, 11) is 0. The Morgan fingerprint density at radius 1 is 1.00 bits per heavy atom. The van der Waals surface area contributed by atoms with Crippen LogP contribution in [0.3, 0.4) is 0 Å². The Labute approximate surface area is 150 Å². The molecule has 8 heteroatoms. The molecule has 4 aromatic rings. The third-order valence-corrected chi connectivity index (χ3v) is 4.64. The highest BCUT2D eigenvalue weighted by atomic mass is 35.5. The van der Waals surface area contributed by atoms with Crippen LogP contribution in [-0.2, 0) is 5.75 Å². The van der Waals surface area contributed by atoms with Gasteiger partial charge >= 0.3 is 0 Å². The van der Waals surface area contributed by atoms with Crippen LogP contribution in [0, 0.1) is 22.7 Å². The molecule has 0 atom stereocenters. The summed E-state index contributed by atoms with van der Waals surface area (Å²) in [6, 6.07) is 13.0. The van der Waals surface area contributed by atoms with E-state index >= 15 is 0 Å². The van der Waals surface area contributed by atoms with Gasteiger partial charge in [-0.1, -0.05) is 23.9 Å². The van der Waals surface area contributed by atoms with Crippen molar-refractivity contribution in [2.24, 2.45) is 0 Å². The molecule has 120 valence electrons. The fourth-order valence-corrected chi connectivity index (χ4v) is 3.47. The van der Waals surface area contributed by atoms with Gasteiger partial charge in [0.25, 0.3) is 10.6 Å². The third-order valence-electron chi connectivity index (χ3n) is 3.60. The lowest BCUT2D eigenvalue weighted by Gasteiger charge is -2.01. The molecule has 0 saturated heterocycles. The lowest BCUT2D eigenvalue weighted by Crippen LogP contribution is -1.89. The lowest BCUT2D eigenvalue weighted by atomic mass is 10.1. The SMILES string of the molecule is N#Cc1cccc2oc(SCc3ccc4oc(Cl)nc4c3C#N)nc12. The number of hydrogen-bond donors (Lipinski definition) is 0. The van der Waals surface area contributed by atoms with Gasteiger partial charge in [-0.05, 0) is 35.4 Å². The normalized spacial score (nSPS) is 10.8.